The van der Waals surface area contributed by atoms with Gasteiger partial charge in [-0.3, -0.25) is 0 Å². The Labute approximate surface area is 49.5 Å². The Morgan fingerprint density at radius 3 is 3.00 bits per heavy atom. The van der Waals surface area contributed by atoms with E-state index in [4.69, 9.17) is 4.84 Å². The van der Waals surface area contributed by atoms with Gasteiger partial charge in [0.2, 0.25) is 0 Å². The fraction of sp³-hybridized carbons (Fsp3) is 0.833. The lowest BCUT2D eigenvalue weighted by atomic mass is 10.5. The Kier molecular flexibility index (Phi) is 1.89. The van der Waals surface area contributed by atoms with Crippen LogP contribution in [0.3, 0.4) is 0 Å². The maximum atomic E-state index is 4.75. The van der Waals surface area contributed by atoms with Gasteiger partial charge in [-0.25, -0.2) is 0 Å². The van der Waals surface area contributed by atoms with Gasteiger partial charge in [-0.15, -0.1) is 0 Å². The summed E-state index contributed by atoms with van der Waals surface area (Å²) < 4.78 is 0. The third-order valence-electron chi connectivity index (χ3n) is 1.10. The molecule has 0 spiro atoms. The smallest absolute Gasteiger partial charge is 0.114 e. The number of nitrogens with zero attached hydrogens (tertiary/aromatic N) is 1. The van der Waals surface area contributed by atoms with Crippen molar-refractivity contribution in [2.45, 2.75) is 19.8 Å². The van der Waals surface area contributed by atoms with Crippen LogP contribution in [0.5, 0.6) is 0 Å². The lowest BCUT2D eigenvalue weighted by Gasteiger charge is -1.87. The van der Waals surface area contributed by atoms with Crippen LogP contribution in [-0.2, 0) is 4.84 Å². The molecule has 0 atom stereocenters. The molecule has 2 nitrogen and oxygen atoms in total. The summed E-state index contributed by atoms with van der Waals surface area (Å²) in [5, 5.41) is 3.73. The van der Waals surface area contributed by atoms with Gasteiger partial charge in [-0.1, -0.05) is 5.16 Å². The van der Waals surface area contributed by atoms with Crippen molar-refractivity contribution >= 4 is 6.21 Å². The summed E-state index contributed by atoms with van der Waals surface area (Å²) >= 11 is 0. The highest BCUT2D eigenvalue weighted by Gasteiger charge is 2.18. The molecule has 0 aromatic rings. The molecule has 0 amide bonds. The summed E-state index contributed by atoms with van der Waals surface area (Å²) in [7, 11) is 0. The highest BCUT2D eigenvalue weighted by molar-refractivity contribution is 5.62. The van der Waals surface area contributed by atoms with Gasteiger partial charge in [-0.2, -0.15) is 0 Å². The van der Waals surface area contributed by atoms with E-state index in [-0.39, 0.29) is 0 Å². The molecule has 0 aromatic carbocycles. The molecular formula is C6H11NO. The van der Waals surface area contributed by atoms with E-state index in [0.29, 0.717) is 6.61 Å². The van der Waals surface area contributed by atoms with Crippen LogP contribution in [0.2, 0.25) is 0 Å². The second-order valence-electron chi connectivity index (χ2n) is 2.01. The number of hydrogen-bond acceptors (Lipinski definition) is 2. The van der Waals surface area contributed by atoms with Gasteiger partial charge in [0.15, 0.2) is 0 Å². The minimum atomic E-state index is 0.684. The molecule has 1 aliphatic rings. The van der Waals surface area contributed by atoms with Crippen LogP contribution in [0, 0.1) is 5.92 Å². The first-order valence-corrected chi connectivity index (χ1v) is 3.09. The van der Waals surface area contributed by atoms with Gasteiger partial charge in [0.25, 0.3) is 0 Å². The van der Waals surface area contributed by atoms with Gasteiger partial charge in [0.1, 0.15) is 6.61 Å². The van der Waals surface area contributed by atoms with E-state index < -0.39 is 0 Å². The number of hydrogen-bond donors (Lipinski definition) is 0. The fourth-order valence-electron chi connectivity index (χ4n) is 0.449. The molecule has 46 valence electrons. The summed E-state index contributed by atoms with van der Waals surface area (Å²) in [6.07, 6.45) is 4.50. The molecule has 1 rings (SSSR count). The molecular weight excluding hydrogens is 102 g/mol. The molecule has 0 aromatic heterocycles. The molecule has 2 heteroatoms. The Bertz CT molecular complexity index is 86.5. The van der Waals surface area contributed by atoms with Crippen LogP contribution < -0.4 is 0 Å². The van der Waals surface area contributed by atoms with Crippen molar-refractivity contribution in [1.82, 2.24) is 0 Å². The normalized spacial score (nSPS) is 19.6. The van der Waals surface area contributed by atoms with E-state index >= 15 is 0 Å². The molecule has 0 heterocycles. The molecule has 0 radical (unpaired) electrons. The number of oxime groups is 1. The van der Waals surface area contributed by atoms with Crippen LogP contribution in [0.4, 0.5) is 0 Å². The molecule has 0 saturated heterocycles. The summed E-state index contributed by atoms with van der Waals surface area (Å²) in [6, 6.07) is 0. The van der Waals surface area contributed by atoms with E-state index in [1.807, 2.05) is 13.1 Å². The Hall–Kier alpha value is -0.530. The van der Waals surface area contributed by atoms with Crippen molar-refractivity contribution in [2.24, 2.45) is 11.1 Å². The van der Waals surface area contributed by atoms with Gasteiger partial charge in [0, 0.05) is 6.21 Å². The maximum Gasteiger partial charge on any atom is 0.114 e. The quantitative estimate of drug-likeness (QED) is 0.400. The SMILES string of the molecule is CCO/N=C\C1CC1. The van der Waals surface area contributed by atoms with E-state index in [9.17, 15) is 0 Å². The second-order valence-corrected chi connectivity index (χ2v) is 2.01. The first kappa shape index (κ1) is 5.60. The third kappa shape index (κ3) is 1.96. The largest absolute Gasteiger partial charge is 0.396 e. The Balaban J connectivity index is 1.96. The zero-order chi connectivity index (χ0) is 5.82. The molecule has 0 aliphatic heterocycles. The molecule has 0 N–H and O–H groups in total. The van der Waals surface area contributed by atoms with Crippen molar-refractivity contribution < 1.29 is 4.84 Å². The lowest BCUT2D eigenvalue weighted by molar-refractivity contribution is 0.159. The van der Waals surface area contributed by atoms with Crippen LogP contribution in [0.15, 0.2) is 5.16 Å². The van der Waals surface area contributed by atoms with Crippen molar-refractivity contribution in [2.75, 3.05) is 6.61 Å². The van der Waals surface area contributed by atoms with Crippen LogP contribution >= 0.6 is 0 Å². The van der Waals surface area contributed by atoms with Crippen molar-refractivity contribution in [3.63, 3.8) is 0 Å². The Morgan fingerprint density at radius 2 is 2.50 bits per heavy atom. The Morgan fingerprint density at radius 1 is 1.75 bits per heavy atom. The molecule has 8 heavy (non-hydrogen) atoms. The molecule has 1 fully saturated rings. The summed E-state index contributed by atoms with van der Waals surface area (Å²) in [4.78, 5) is 4.75. The lowest BCUT2D eigenvalue weighted by Crippen LogP contribution is -1.81. The van der Waals surface area contributed by atoms with Gasteiger partial charge < -0.3 is 4.84 Å². The monoisotopic (exact) mass is 113 g/mol. The first-order valence-electron chi connectivity index (χ1n) is 3.09. The van der Waals surface area contributed by atoms with Crippen molar-refractivity contribution in [1.29, 1.82) is 0 Å². The van der Waals surface area contributed by atoms with Gasteiger partial charge in [0.05, 0.1) is 0 Å². The maximum absolute atomic E-state index is 4.75. The predicted molar refractivity (Wildman–Crippen MR) is 32.8 cm³/mol. The molecule has 0 bridgehead atoms. The highest BCUT2D eigenvalue weighted by atomic mass is 16.6. The second kappa shape index (κ2) is 2.70. The van der Waals surface area contributed by atoms with Crippen molar-refractivity contribution in [3.05, 3.63) is 0 Å². The topological polar surface area (TPSA) is 21.6 Å². The van der Waals surface area contributed by atoms with Crippen LogP contribution in [0.1, 0.15) is 19.8 Å². The summed E-state index contributed by atoms with van der Waals surface area (Å²) in [6.45, 7) is 2.62. The minimum absolute atomic E-state index is 0.684. The van der Waals surface area contributed by atoms with Crippen molar-refractivity contribution in [3.8, 4) is 0 Å². The van der Waals surface area contributed by atoms with Crippen LogP contribution in [-0.4, -0.2) is 12.8 Å². The zero-order valence-electron chi connectivity index (χ0n) is 5.13. The standard InChI is InChI=1S/C6H11NO/c1-2-8-7-5-6-3-4-6/h5-6H,2-4H2,1H3/b7-5-. The van der Waals surface area contributed by atoms with Crippen LogP contribution in [0.25, 0.3) is 0 Å². The van der Waals surface area contributed by atoms with E-state index in [0.717, 1.165) is 5.92 Å². The predicted octanol–water partition coefficient (Wildman–Crippen LogP) is 1.42. The summed E-state index contributed by atoms with van der Waals surface area (Å²) in [5.74, 6) is 0.738. The fourth-order valence-corrected chi connectivity index (χ4v) is 0.449. The first-order chi connectivity index (χ1) is 3.93. The molecule has 0 unspecified atom stereocenters. The number of rotatable bonds is 3. The van der Waals surface area contributed by atoms with E-state index in [1.165, 1.54) is 12.8 Å². The zero-order valence-corrected chi connectivity index (χ0v) is 5.13. The molecule has 1 saturated carbocycles. The third-order valence-corrected chi connectivity index (χ3v) is 1.10. The average Bonchev–Trinajstić information content (AvgIpc) is 2.51. The minimum Gasteiger partial charge on any atom is -0.396 e. The summed E-state index contributed by atoms with van der Waals surface area (Å²) in [5.41, 5.74) is 0. The van der Waals surface area contributed by atoms with Gasteiger partial charge in [-0.05, 0) is 25.7 Å². The van der Waals surface area contributed by atoms with E-state index in [1.54, 1.807) is 0 Å². The molecule has 1 aliphatic carbocycles. The average molecular weight is 113 g/mol. The highest BCUT2D eigenvalue weighted by Crippen LogP contribution is 2.26. The van der Waals surface area contributed by atoms with Gasteiger partial charge >= 0.3 is 0 Å². The van der Waals surface area contributed by atoms with E-state index in [2.05, 4.69) is 5.16 Å².